The van der Waals surface area contributed by atoms with Crippen LogP contribution in [-0.4, -0.2) is 25.7 Å². The quantitative estimate of drug-likeness (QED) is 0.284. The van der Waals surface area contributed by atoms with Gasteiger partial charge >= 0.3 is 5.63 Å². The maximum absolute atomic E-state index is 13.5. The zero-order chi connectivity index (χ0) is 25.2. The number of ether oxygens (including phenoxy) is 3. The van der Waals surface area contributed by atoms with Gasteiger partial charge in [0.1, 0.15) is 29.4 Å². The number of carbonyl (C=O) groups is 1. The van der Waals surface area contributed by atoms with Crippen LogP contribution in [0.1, 0.15) is 24.0 Å². The maximum Gasteiger partial charge on any atom is 0.344 e. The summed E-state index contributed by atoms with van der Waals surface area (Å²) in [6.45, 7) is 6.13. The van der Waals surface area contributed by atoms with Crippen molar-refractivity contribution in [1.29, 1.82) is 0 Å². The molecule has 0 spiro atoms. The van der Waals surface area contributed by atoms with Crippen LogP contribution < -0.4 is 25.2 Å². The standard InChI is InChI=1S/C29H25NO6/c1-17(2)16-34-21-12-8-18(9-13-21)24-25-26(22-6-4-5-7-23(22)35-29(25)32)36-27(24)28(31)30-19-10-14-20(33-3)15-11-19/h4-15,24,27H,1,16H2,2-3H3,(H,30,31)/t24-,27+/m1/s1. The van der Waals surface area contributed by atoms with Crippen LogP contribution in [0.3, 0.4) is 0 Å². The van der Waals surface area contributed by atoms with Gasteiger partial charge in [-0.25, -0.2) is 4.79 Å². The van der Waals surface area contributed by atoms with E-state index < -0.39 is 17.6 Å². The molecular formula is C29H25NO6. The fraction of sp³-hybridized carbons (Fsp3) is 0.172. The Hall–Kier alpha value is -4.52. The summed E-state index contributed by atoms with van der Waals surface area (Å²) < 4.78 is 22.7. The Balaban J connectivity index is 1.54. The van der Waals surface area contributed by atoms with Gasteiger partial charge in [-0.2, -0.15) is 0 Å². The molecule has 1 N–H and O–H groups in total. The Labute approximate surface area is 207 Å². The molecule has 3 aromatic carbocycles. The van der Waals surface area contributed by atoms with Crippen molar-refractivity contribution in [2.45, 2.75) is 18.9 Å². The van der Waals surface area contributed by atoms with Crippen LogP contribution in [-0.2, 0) is 4.79 Å². The third-order valence-electron chi connectivity index (χ3n) is 6.00. The topological polar surface area (TPSA) is 87.0 Å². The van der Waals surface area contributed by atoms with E-state index in [1.165, 1.54) is 0 Å². The van der Waals surface area contributed by atoms with Crippen LogP contribution in [0.25, 0.3) is 11.0 Å². The van der Waals surface area contributed by atoms with Gasteiger partial charge in [0.15, 0.2) is 6.10 Å². The van der Waals surface area contributed by atoms with Crippen LogP contribution in [0.15, 0.2) is 94.2 Å². The second-order valence-corrected chi connectivity index (χ2v) is 8.68. The van der Waals surface area contributed by atoms with Crippen LogP contribution in [0, 0.1) is 0 Å². The molecule has 1 amide bonds. The summed E-state index contributed by atoms with van der Waals surface area (Å²) in [5, 5.41) is 3.53. The molecule has 0 saturated heterocycles. The zero-order valence-corrected chi connectivity index (χ0v) is 19.9. The van der Waals surface area contributed by atoms with Gasteiger partial charge in [0.25, 0.3) is 5.91 Å². The molecule has 36 heavy (non-hydrogen) atoms. The molecule has 0 radical (unpaired) electrons. The summed E-state index contributed by atoms with van der Waals surface area (Å²) in [5.41, 5.74) is 2.40. The Morgan fingerprint density at radius 2 is 1.69 bits per heavy atom. The number of amides is 1. The van der Waals surface area contributed by atoms with Gasteiger partial charge in [-0.05, 0) is 66.6 Å². The summed E-state index contributed by atoms with van der Waals surface area (Å²) in [7, 11) is 1.58. The predicted molar refractivity (Wildman–Crippen MR) is 137 cm³/mol. The Morgan fingerprint density at radius 3 is 2.39 bits per heavy atom. The van der Waals surface area contributed by atoms with Crippen LogP contribution >= 0.6 is 0 Å². The lowest BCUT2D eigenvalue weighted by atomic mass is 9.88. The number of anilines is 1. The number of hydrogen-bond donors (Lipinski definition) is 1. The summed E-state index contributed by atoms with van der Waals surface area (Å²) >= 11 is 0. The van der Waals surface area contributed by atoms with Gasteiger partial charge in [0.2, 0.25) is 0 Å². The first-order valence-electron chi connectivity index (χ1n) is 11.5. The average Bonchev–Trinajstić information content (AvgIpc) is 3.30. The third kappa shape index (κ3) is 4.43. The van der Waals surface area contributed by atoms with Crippen molar-refractivity contribution in [2.24, 2.45) is 0 Å². The number of methoxy groups -OCH3 is 1. The van der Waals surface area contributed by atoms with Gasteiger partial charge in [-0.15, -0.1) is 0 Å². The molecule has 2 atom stereocenters. The number of fused-ring (bicyclic) bond motifs is 3. The van der Waals surface area contributed by atoms with Crippen molar-refractivity contribution >= 4 is 22.6 Å². The first-order valence-corrected chi connectivity index (χ1v) is 11.5. The lowest BCUT2D eigenvalue weighted by Gasteiger charge is -2.19. The molecule has 1 aliphatic rings. The van der Waals surface area contributed by atoms with E-state index in [9.17, 15) is 9.59 Å². The molecule has 1 aliphatic heterocycles. The van der Waals surface area contributed by atoms with E-state index in [2.05, 4.69) is 11.9 Å². The number of hydrogen-bond acceptors (Lipinski definition) is 6. The molecule has 4 aromatic rings. The minimum Gasteiger partial charge on any atom is -0.497 e. The van der Waals surface area contributed by atoms with Crippen molar-refractivity contribution in [3.63, 3.8) is 0 Å². The second-order valence-electron chi connectivity index (χ2n) is 8.68. The monoisotopic (exact) mass is 483 g/mol. The molecule has 0 saturated carbocycles. The minimum absolute atomic E-state index is 0.319. The van der Waals surface area contributed by atoms with E-state index >= 15 is 0 Å². The fourth-order valence-corrected chi connectivity index (χ4v) is 4.29. The van der Waals surface area contributed by atoms with Gasteiger partial charge in [0, 0.05) is 5.69 Å². The van der Waals surface area contributed by atoms with Gasteiger partial charge in [0.05, 0.1) is 24.0 Å². The molecule has 2 heterocycles. The number of carbonyl (C=O) groups excluding carboxylic acids is 1. The van der Waals surface area contributed by atoms with Crippen molar-refractivity contribution in [1.82, 2.24) is 0 Å². The summed E-state index contributed by atoms with van der Waals surface area (Å²) in [5.74, 6) is 0.644. The van der Waals surface area contributed by atoms with Crippen molar-refractivity contribution < 1.29 is 23.4 Å². The smallest absolute Gasteiger partial charge is 0.344 e. The Bertz CT molecular complexity index is 1490. The van der Waals surface area contributed by atoms with E-state index in [4.69, 9.17) is 18.6 Å². The highest BCUT2D eigenvalue weighted by atomic mass is 16.5. The van der Waals surface area contributed by atoms with Crippen molar-refractivity contribution in [3.05, 3.63) is 106 Å². The predicted octanol–water partition coefficient (Wildman–Crippen LogP) is 5.29. The molecular weight excluding hydrogens is 458 g/mol. The van der Waals surface area contributed by atoms with Gasteiger partial charge in [-0.3, -0.25) is 4.79 Å². The molecule has 182 valence electrons. The van der Waals surface area contributed by atoms with Gasteiger partial charge in [-0.1, -0.05) is 30.8 Å². The highest BCUT2D eigenvalue weighted by molar-refractivity contribution is 5.97. The first-order chi connectivity index (χ1) is 17.4. The van der Waals surface area contributed by atoms with E-state index in [0.29, 0.717) is 46.1 Å². The molecule has 1 aromatic heterocycles. The number of nitrogens with one attached hydrogen (secondary N) is 1. The third-order valence-corrected chi connectivity index (χ3v) is 6.00. The number of rotatable bonds is 7. The molecule has 7 nitrogen and oxygen atoms in total. The van der Waals surface area contributed by atoms with Crippen LogP contribution in [0.5, 0.6) is 17.2 Å². The normalized spacial score (nSPS) is 16.2. The SMILES string of the molecule is C=C(C)COc1ccc([C@@H]2c3c(c4ccccc4oc3=O)O[C@@H]2C(=O)Nc2ccc(OC)cc2)cc1. The fourth-order valence-electron chi connectivity index (χ4n) is 4.29. The highest BCUT2D eigenvalue weighted by Crippen LogP contribution is 2.44. The van der Waals surface area contributed by atoms with Crippen molar-refractivity contribution in [2.75, 3.05) is 19.0 Å². The van der Waals surface area contributed by atoms with E-state index in [1.54, 1.807) is 55.6 Å². The van der Waals surface area contributed by atoms with Crippen molar-refractivity contribution in [3.8, 4) is 17.2 Å². The van der Waals surface area contributed by atoms with Gasteiger partial charge < -0.3 is 23.9 Å². The molecule has 0 fully saturated rings. The summed E-state index contributed by atoms with van der Waals surface area (Å²) in [6.07, 6.45) is -0.988. The summed E-state index contributed by atoms with van der Waals surface area (Å²) in [4.78, 5) is 26.6. The molecule has 0 aliphatic carbocycles. The molecule has 5 rings (SSSR count). The lowest BCUT2D eigenvalue weighted by Crippen LogP contribution is -2.35. The molecule has 7 heteroatoms. The van der Waals surface area contributed by atoms with E-state index in [0.717, 1.165) is 11.1 Å². The van der Waals surface area contributed by atoms with E-state index in [1.807, 2.05) is 31.2 Å². The first kappa shape index (κ1) is 23.2. The maximum atomic E-state index is 13.5. The van der Waals surface area contributed by atoms with Crippen LogP contribution in [0.2, 0.25) is 0 Å². The van der Waals surface area contributed by atoms with Crippen LogP contribution in [0.4, 0.5) is 5.69 Å². The number of para-hydroxylation sites is 1. The highest BCUT2D eigenvalue weighted by Gasteiger charge is 2.44. The summed E-state index contributed by atoms with van der Waals surface area (Å²) in [6, 6.07) is 21.4. The molecule has 0 bridgehead atoms. The second kappa shape index (κ2) is 9.62. The molecule has 0 unspecified atom stereocenters. The zero-order valence-electron chi connectivity index (χ0n) is 19.9. The van der Waals surface area contributed by atoms with E-state index in [-0.39, 0.29) is 5.91 Å². The largest absolute Gasteiger partial charge is 0.497 e. The average molecular weight is 484 g/mol. The Kier molecular flexibility index (Phi) is 6.21. The minimum atomic E-state index is -0.988. The number of benzene rings is 3. The Morgan fingerprint density at radius 1 is 1.00 bits per heavy atom. The lowest BCUT2D eigenvalue weighted by molar-refractivity contribution is -0.122.